The van der Waals surface area contributed by atoms with Crippen LogP contribution in [0.1, 0.15) is 58.3 Å². The van der Waals surface area contributed by atoms with E-state index in [1.54, 1.807) is 6.92 Å². The third kappa shape index (κ3) is 5.68. The fraction of sp³-hybridized carbons (Fsp3) is 0.789. The first-order valence-corrected chi connectivity index (χ1v) is 9.85. The molecule has 5 atom stereocenters. The Morgan fingerprint density at radius 3 is 1.63 bits per heavy atom. The van der Waals surface area contributed by atoms with Crippen LogP contribution in [0.5, 0.6) is 0 Å². The van der Waals surface area contributed by atoms with Gasteiger partial charge in [0.1, 0.15) is 0 Å². The molecule has 0 spiro atoms. The number of rotatable bonds is 7. The average molecular weight is 382 g/mol. The van der Waals surface area contributed by atoms with Crippen LogP contribution >= 0.6 is 0 Å². The van der Waals surface area contributed by atoms with Crippen molar-refractivity contribution in [1.82, 2.24) is 10.6 Å². The molecule has 2 amide bonds. The molecule has 2 aliphatic carbocycles. The molecular formula is C19H30N2O6. The van der Waals surface area contributed by atoms with Crippen LogP contribution in [0.2, 0.25) is 0 Å². The van der Waals surface area contributed by atoms with Crippen LogP contribution in [-0.2, 0) is 19.2 Å². The molecule has 0 bridgehead atoms. The van der Waals surface area contributed by atoms with Crippen LogP contribution in [0.25, 0.3) is 0 Å². The van der Waals surface area contributed by atoms with Crippen molar-refractivity contribution in [3.05, 3.63) is 0 Å². The highest BCUT2D eigenvalue weighted by Gasteiger charge is 2.37. The van der Waals surface area contributed by atoms with E-state index < -0.39 is 35.6 Å². The molecule has 8 heteroatoms. The zero-order valence-corrected chi connectivity index (χ0v) is 15.8. The Labute approximate surface area is 159 Å². The molecule has 0 aromatic rings. The standard InChI is InChI=1S/C19H30N2O6/c1-11(21-17(23)13-7-3-5-9-15(13)19(26)27)10-20-16(22)12-6-2-4-8-14(12)18(24)25/h11-15H,2-10H2,1H3,(H,20,22)(H,21,23)(H,24,25)(H,26,27)/t11-,12-,13+,14-,15-/m0/s1. The first kappa shape index (κ1) is 21.2. The van der Waals surface area contributed by atoms with E-state index in [4.69, 9.17) is 0 Å². The van der Waals surface area contributed by atoms with Gasteiger partial charge in [-0.25, -0.2) is 0 Å². The lowest BCUT2D eigenvalue weighted by Crippen LogP contribution is -2.48. The number of carbonyl (C=O) groups excluding carboxylic acids is 2. The average Bonchev–Trinajstić information content (AvgIpc) is 2.65. The zero-order valence-electron chi connectivity index (χ0n) is 15.8. The van der Waals surface area contributed by atoms with Crippen LogP contribution in [0, 0.1) is 23.7 Å². The van der Waals surface area contributed by atoms with Crippen LogP contribution in [0.4, 0.5) is 0 Å². The lowest BCUT2D eigenvalue weighted by molar-refractivity contribution is -0.149. The van der Waals surface area contributed by atoms with E-state index in [1.165, 1.54) is 0 Å². The molecule has 2 rings (SSSR count). The van der Waals surface area contributed by atoms with Gasteiger partial charge in [0.25, 0.3) is 0 Å². The maximum absolute atomic E-state index is 12.4. The van der Waals surface area contributed by atoms with Gasteiger partial charge in [0.05, 0.1) is 23.7 Å². The van der Waals surface area contributed by atoms with Crippen molar-refractivity contribution in [3.8, 4) is 0 Å². The summed E-state index contributed by atoms with van der Waals surface area (Å²) in [7, 11) is 0. The summed E-state index contributed by atoms with van der Waals surface area (Å²) in [5, 5.41) is 24.1. The van der Waals surface area contributed by atoms with E-state index in [1.807, 2.05) is 0 Å². The van der Waals surface area contributed by atoms with Crippen molar-refractivity contribution < 1.29 is 29.4 Å². The second kappa shape index (κ2) is 9.71. The molecule has 4 N–H and O–H groups in total. The summed E-state index contributed by atoms with van der Waals surface area (Å²) in [5.41, 5.74) is 0. The van der Waals surface area contributed by atoms with Crippen LogP contribution in [-0.4, -0.2) is 46.6 Å². The van der Waals surface area contributed by atoms with E-state index in [-0.39, 0.29) is 24.4 Å². The van der Waals surface area contributed by atoms with Gasteiger partial charge >= 0.3 is 11.9 Å². The molecule has 27 heavy (non-hydrogen) atoms. The molecular weight excluding hydrogens is 352 g/mol. The largest absolute Gasteiger partial charge is 0.481 e. The Balaban J connectivity index is 1.83. The lowest BCUT2D eigenvalue weighted by atomic mass is 9.78. The Morgan fingerprint density at radius 1 is 0.778 bits per heavy atom. The summed E-state index contributed by atoms with van der Waals surface area (Å²) in [6.07, 6.45) is 5.46. The third-order valence-corrected chi connectivity index (χ3v) is 5.81. The van der Waals surface area contributed by atoms with Gasteiger partial charge in [0.2, 0.25) is 11.8 Å². The fourth-order valence-electron chi connectivity index (χ4n) is 4.27. The number of carbonyl (C=O) groups is 4. The minimum atomic E-state index is -0.937. The predicted molar refractivity (Wildman–Crippen MR) is 96.8 cm³/mol. The fourth-order valence-corrected chi connectivity index (χ4v) is 4.27. The molecule has 0 radical (unpaired) electrons. The Hall–Kier alpha value is -2.12. The minimum Gasteiger partial charge on any atom is -0.481 e. The third-order valence-electron chi connectivity index (χ3n) is 5.81. The topological polar surface area (TPSA) is 133 Å². The molecule has 2 fully saturated rings. The van der Waals surface area contributed by atoms with Crippen molar-refractivity contribution >= 4 is 23.8 Å². The highest BCUT2D eigenvalue weighted by Crippen LogP contribution is 2.31. The number of nitrogens with one attached hydrogen (secondary N) is 2. The number of aliphatic carboxylic acids is 2. The second-order valence-corrected chi connectivity index (χ2v) is 7.83. The van der Waals surface area contributed by atoms with E-state index in [0.29, 0.717) is 25.7 Å². The van der Waals surface area contributed by atoms with Crippen molar-refractivity contribution in [1.29, 1.82) is 0 Å². The van der Waals surface area contributed by atoms with Gasteiger partial charge in [-0.1, -0.05) is 25.7 Å². The predicted octanol–water partition coefficient (Wildman–Crippen LogP) is 1.39. The number of carboxylic acids is 2. The molecule has 0 unspecified atom stereocenters. The molecule has 0 saturated heterocycles. The Bertz CT molecular complexity index is 579. The molecule has 0 aliphatic heterocycles. The first-order valence-electron chi connectivity index (χ1n) is 9.85. The number of hydrogen-bond donors (Lipinski definition) is 4. The molecule has 0 heterocycles. The molecule has 2 aliphatic rings. The highest BCUT2D eigenvalue weighted by molar-refractivity contribution is 5.86. The van der Waals surface area contributed by atoms with E-state index in [2.05, 4.69) is 10.6 Å². The summed E-state index contributed by atoms with van der Waals surface area (Å²) in [4.78, 5) is 47.5. The van der Waals surface area contributed by atoms with Gasteiger partial charge in [-0.05, 0) is 32.6 Å². The highest BCUT2D eigenvalue weighted by atomic mass is 16.4. The van der Waals surface area contributed by atoms with Gasteiger partial charge in [0, 0.05) is 12.6 Å². The monoisotopic (exact) mass is 382 g/mol. The number of hydrogen-bond acceptors (Lipinski definition) is 4. The van der Waals surface area contributed by atoms with Crippen molar-refractivity contribution in [2.45, 2.75) is 64.3 Å². The second-order valence-electron chi connectivity index (χ2n) is 7.83. The summed E-state index contributed by atoms with van der Waals surface area (Å²) in [6.45, 7) is 1.93. The zero-order chi connectivity index (χ0) is 20.0. The van der Waals surface area contributed by atoms with Crippen LogP contribution in [0.3, 0.4) is 0 Å². The molecule has 8 nitrogen and oxygen atoms in total. The number of amides is 2. The van der Waals surface area contributed by atoms with Crippen molar-refractivity contribution in [3.63, 3.8) is 0 Å². The van der Waals surface area contributed by atoms with Gasteiger partial charge in [0.15, 0.2) is 0 Å². The van der Waals surface area contributed by atoms with Crippen molar-refractivity contribution in [2.75, 3.05) is 6.54 Å². The quantitative estimate of drug-likeness (QED) is 0.526. The van der Waals surface area contributed by atoms with Gasteiger partial charge in [-0.2, -0.15) is 0 Å². The molecule has 0 aromatic heterocycles. The summed E-state index contributed by atoms with van der Waals surface area (Å²) in [5.74, 6) is -4.82. The van der Waals surface area contributed by atoms with Crippen LogP contribution in [0.15, 0.2) is 0 Å². The van der Waals surface area contributed by atoms with Crippen LogP contribution < -0.4 is 10.6 Å². The molecule has 152 valence electrons. The lowest BCUT2D eigenvalue weighted by Gasteiger charge is -2.30. The SMILES string of the molecule is C[C@@H](CNC(=O)[C@H]1CCCC[C@@H]1C(=O)O)NC(=O)[C@@H]1CCCC[C@@H]1C(=O)O. The summed E-state index contributed by atoms with van der Waals surface area (Å²) >= 11 is 0. The summed E-state index contributed by atoms with van der Waals surface area (Å²) < 4.78 is 0. The van der Waals surface area contributed by atoms with E-state index in [0.717, 1.165) is 25.7 Å². The smallest absolute Gasteiger partial charge is 0.307 e. The van der Waals surface area contributed by atoms with E-state index in [9.17, 15) is 29.4 Å². The molecule has 0 aromatic carbocycles. The van der Waals surface area contributed by atoms with Gasteiger partial charge in [-0.15, -0.1) is 0 Å². The molecule has 2 saturated carbocycles. The normalized spacial score (nSPS) is 29.4. The minimum absolute atomic E-state index is 0.192. The maximum atomic E-state index is 12.4. The first-order chi connectivity index (χ1) is 12.8. The Morgan fingerprint density at radius 2 is 1.19 bits per heavy atom. The van der Waals surface area contributed by atoms with Crippen molar-refractivity contribution in [2.24, 2.45) is 23.7 Å². The van der Waals surface area contributed by atoms with Gasteiger partial charge in [-0.3, -0.25) is 19.2 Å². The van der Waals surface area contributed by atoms with Gasteiger partial charge < -0.3 is 20.8 Å². The Kier molecular flexibility index (Phi) is 7.62. The number of carboxylic acid groups (broad SMARTS) is 2. The summed E-state index contributed by atoms with van der Waals surface area (Å²) in [6, 6.07) is -0.357. The van der Waals surface area contributed by atoms with E-state index >= 15 is 0 Å². The maximum Gasteiger partial charge on any atom is 0.307 e.